The van der Waals surface area contributed by atoms with Gasteiger partial charge in [-0.1, -0.05) is 13.0 Å². The molecule has 2 N–H and O–H groups in total. The number of amides is 1. The number of piperidine rings is 1. The Balaban J connectivity index is 0.00000288. The number of likely N-dealkylation sites (tertiary alicyclic amines) is 1. The van der Waals surface area contributed by atoms with Crippen molar-refractivity contribution >= 4 is 18.3 Å². The van der Waals surface area contributed by atoms with E-state index in [4.69, 9.17) is 15.2 Å². The topological polar surface area (TPSA) is 64.8 Å². The van der Waals surface area contributed by atoms with Crippen molar-refractivity contribution in [3.8, 4) is 5.75 Å². The maximum Gasteiger partial charge on any atom is 0.253 e. The van der Waals surface area contributed by atoms with Crippen LogP contribution < -0.4 is 10.5 Å². The van der Waals surface area contributed by atoms with Crippen molar-refractivity contribution in [1.29, 1.82) is 0 Å². The first-order valence-corrected chi connectivity index (χ1v) is 8.58. The highest BCUT2D eigenvalue weighted by Crippen LogP contribution is 2.19. The third-order valence-electron chi connectivity index (χ3n) is 3.99. The molecule has 1 aliphatic heterocycles. The molecule has 1 aromatic rings. The lowest BCUT2D eigenvalue weighted by atomic mass is 10.1. The summed E-state index contributed by atoms with van der Waals surface area (Å²) in [7, 11) is 0. The van der Waals surface area contributed by atoms with Crippen LogP contribution in [0.2, 0.25) is 0 Å². The second-order valence-electron chi connectivity index (χ2n) is 5.88. The van der Waals surface area contributed by atoms with E-state index in [1.165, 1.54) is 0 Å². The van der Waals surface area contributed by atoms with Crippen molar-refractivity contribution < 1.29 is 14.3 Å². The summed E-state index contributed by atoms with van der Waals surface area (Å²) in [6, 6.07) is 7.46. The van der Waals surface area contributed by atoms with E-state index >= 15 is 0 Å². The average Bonchev–Trinajstić information content (AvgIpc) is 2.60. The van der Waals surface area contributed by atoms with Gasteiger partial charge in [0, 0.05) is 25.3 Å². The Bertz CT molecular complexity index is 491. The summed E-state index contributed by atoms with van der Waals surface area (Å²) in [6.07, 6.45) is 3.88. The van der Waals surface area contributed by atoms with Crippen LogP contribution in [0.25, 0.3) is 0 Å². The molecule has 0 unspecified atom stereocenters. The van der Waals surface area contributed by atoms with E-state index in [9.17, 15) is 4.79 Å². The maximum atomic E-state index is 12.6. The lowest BCUT2D eigenvalue weighted by molar-refractivity contribution is 0.00843. The molecule has 0 spiro atoms. The summed E-state index contributed by atoms with van der Waals surface area (Å²) >= 11 is 0. The van der Waals surface area contributed by atoms with E-state index in [1.54, 1.807) is 0 Å². The third kappa shape index (κ3) is 6.30. The molecule has 1 amide bonds. The van der Waals surface area contributed by atoms with E-state index in [1.807, 2.05) is 29.2 Å². The number of rotatable bonds is 8. The Morgan fingerprint density at radius 1 is 1.29 bits per heavy atom. The van der Waals surface area contributed by atoms with E-state index in [-0.39, 0.29) is 24.4 Å². The van der Waals surface area contributed by atoms with Crippen LogP contribution in [0.4, 0.5) is 0 Å². The van der Waals surface area contributed by atoms with Gasteiger partial charge in [-0.15, -0.1) is 12.4 Å². The van der Waals surface area contributed by atoms with Crippen LogP contribution in [0.3, 0.4) is 0 Å². The van der Waals surface area contributed by atoms with E-state index in [0.29, 0.717) is 25.3 Å². The highest BCUT2D eigenvalue weighted by atomic mass is 35.5. The van der Waals surface area contributed by atoms with Crippen LogP contribution in [0.1, 0.15) is 43.0 Å². The Morgan fingerprint density at radius 3 is 2.71 bits per heavy atom. The van der Waals surface area contributed by atoms with Crippen LogP contribution in [0, 0.1) is 0 Å². The van der Waals surface area contributed by atoms with Crippen molar-refractivity contribution in [1.82, 2.24) is 4.90 Å². The summed E-state index contributed by atoms with van der Waals surface area (Å²) < 4.78 is 11.4. The number of benzene rings is 1. The fourth-order valence-corrected chi connectivity index (χ4v) is 2.68. The molecule has 1 aromatic carbocycles. The molecule has 1 heterocycles. The molecule has 1 saturated heterocycles. The van der Waals surface area contributed by atoms with Crippen LogP contribution in [-0.2, 0) is 4.74 Å². The number of carbonyl (C=O) groups excluding carboxylic acids is 1. The number of carbonyl (C=O) groups is 1. The SMILES string of the molecule is CCCOc1cccc(C(=O)N2CCC(OCCCN)CC2)c1.Cl. The minimum absolute atomic E-state index is 0. The first kappa shape index (κ1) is 20.7. The fourth-order valence-electron chi connectivity index (χ4n) is 2.68. The van der Waals surface area contributed by atoms with E-state index in [0.717, 1.165) is 44.5 Å². The number of hydrogen-bond acceptors (Lipinski definition) is 4. The second kappa shape index (κ2) is 11.3. The quantitative estimate of drug-likeness (QED) is 0.727. The zero-order valence-electron chi connectivity index (χ0n) is 14.4. The van der Waals surface area contributed by atoms with Crippen molar-refractivity contribution in [2.45, 2.75) is 38.7 Å². The van der Waals surface area contributed by atoms with Crippen molar-refractivity contribution in [2.24, 2.45) is 5.73 Å². The number of nitrogens with zero attached hydrogens (tertiary/aromatic N) is 1. The molecule has 6 heteroatoms. The lowest BCUT2D eigenvalue weighted by Gasteiger charge is -2.32. The van der Waals surface area contributed by atoms with Crippen LogP contribution in [0.15, 0.2) is 24.3 Å². The third-order valence-corrected chi connectivity index (χ3v) is 3.99. The van der Waals surface area contributed by atoms with Crippen molar-refractivity contribution in [3.05, 3.63) is 29.8 Å². The molecule has 1 aliphatic rings. The predicted octanol–water partition coefficient (Wildman–Crippen LogP) is 2.87. The van der Waals surface area contributed by atoms with Gasteiger partial charge in [0.05, 0.1) is 12.7 Å². The average molecular weight is 357 g/mol. The van der Waals surface area contributed by atoms with Crippen LogP contribution >= 0.6 is 12.4 Å². The molecule has 0 atom stereocenters. The normalized spacial score (nSPS) is 15.0. The number of nitrogens with two attached hydrogens (primary N) is 1. The summed E-state index contributed by atoms with van der Waals surface area (Å²) in [4.78, 5) is 14.5. The fraction of sp³-hybridized carbons (Fsp3) is 0.611. The number of ether oxygens (including phenoxy) is 2. The number of halogens is 1. The Labute approximate surface area is 150 Å². The van der Waals surface area contributed by atoms with Gasteiger partial charge in [-0.3, -0.25) is 4.79 Å². The van der Waals surface area contributed by atoms with Gasteiger partial charge in [0.1, 0.15) is 5.75 Å². The maximum absolute atomic E-state index is 12.6. The molecule has 0 aliphatic carbocycles. The summed E-state index contributed by atoms with van der Waals surface area (Å²) in [6.45, 7) is 5.59. The largest absolute Gasteiger partial charge is 0.494 e. The zero-order valence-corrected chi connectivity index (χ0v) is 15.2. The molecule has 0 bridgehead atoms. The second-order valence-corrected chi connectivity index (χ2v) is 5.88. The predicted molar refractivity (Wildman–Crippen MR) is 98.0 cm³/mol. The van der Waals surface area contributed by atoms with Crippen LogP contribution in [0.5, 0.6) is 5.75 Å². The van der Waals surface area contributed by atoms with Gasteiger partial charge >= 0.3 is 0 Å². The van der Waals surface area contributed by atoms with E-state index < -0.39 is 0 Å². The van der Waals surface area contributed by atoms with Crippen LogP contribution in [-0.4, -0.2) is 49.8 Å². The Hall–Kier alpha value is -1.30. The summed E-state index contributed by atoms with van der Waals surface area (Å²) in [5.41, 5.74) is 6.17. The van der Waals surface area contributed by atoms with Gasteiger partial charge in [0.25, 0.3) is 5.91 Å². The van der Waals surface area contributed by atoms with Crippen molar-refractivity contribution in [2.75, 3.05) is 32.8 Å². The Kier molecular flexibility index (Phi) is 9.76. The van der Waals surface area contributed by atoms with Gasteiger partial charge in [0.2, 0.25) is 0 Å². The standard InChI is InChI=1S/C18H28N2O3.ClH/c1-2-12-22-17-6-3-5-15(14-17)18(21)20-10-7-16(8-11-20)23-13-4-9-19;/h3,5-6,14,16H,2,4,7-13,19H2,1H3;1H. The van der Waals surface area contributed by atoms with Gasteiger partial charge in [-0.05, 0) is 50.4 Å². The van der Waals surface area contributed by atoms with Gasteiger partial charge in [-0.2, -0.15) is 0 Å². The highest BCUT2D eigenvalue weighted by molar-refractivity contribution is 5.94. The first-order valence-electron chi connectivity index (χ1n) is 8.58. The highest BCUT2D eigenvalue weighted by Gasteiger charge is 2.24. The van der Waals surface area contributed by atoms with E-state index in [2.05, 4.69) is 6.92 Å². The molecule has 136 valence electrons. The molecular formula is C18H29ClN2O3. The molecule has 1 fully saturated rings. The van der Waals surface area contributed by atoms with Gasteiger partial charge in [-0.25, -0.2) is 0 Å². The molecule has 24 heavy (non-hydrogen) atoms. The molecule has 2 rings (SSSR count). The van der Waals surface area contributed by atoms with Gasteiger partial charge < -0.3 is 20.1 Å². The summed E-state index contributed by atoms with van der Waals surface area (Å²) in [5.74, 6) is 0.838. The molecular weight excluding hydrogens is 328 g/mol. The minimum atomic E-state index is 0. The smallest absolute Gasteiger partial charge is 0.253 e. The molecule has 0 radical (unpaired) electrons. The zero-order chi connectivity index (χ0) is 16.5. The Morgan fingerprint density at radius 2 is 2.04 bits per heavy atom. The minimum Gasteiger partial charge on any atom is -0.494 e. The summed E-state index contributed by atoms with van der Waals surface area (Å²) in [5, 5.41) is 0. The lowest BCUT2D eigenvalue weighted by Crippen LogP contribution is -2.41. The molecule has 0 saturated carbocycles. The molecule has 5 nitrogen and oxygen atoms in total. The molecule has 0 aromatic heterocycles. The van der Waals surface area contributed by atoms with Crippen molar-refractivity contribution in [3.63, 3.8) is 0 Å². The number of hydrogen-bond donors (Lipinski definition) is 1. The van der Waals surface area contributed by atoms with Gasteiger partial charge in [0.15, 0.2) is 0 Å². The monoisotopic (exact) mass is 356 g/mol. The first-order chi connectivity index (χ1) is 11.2.